The van der Waals surface area contributed by atoms with Crippen molar-refractivity contribution >= 4 is 28.2 Å². The SMILES string of the molecule is CC[C@H](C)NC(=O)CN1CCN(c2ccc([N+](=O)[O-])c3cccnc23)CC1. The van der Waals surface area contributed by atoms with Crippen LogP contribution in [0.5, 0.6) is 0 Å². The van der Waals surface area contributed by atoms with Crippen LogP contribution in [0.15, 0.2) is 30.5 Å². The summed E-state index contributed by atoms with van der Waals surface area (Å²) in [4.78, 5) is 31.7. The van der Waals surface area contributed by atoms with E-state index in [4.69, 9.17) is 0 Å². The second-order valence-electron chi connectivity index (χ2n) is 6.90. The van der Waals surface area contributed by atoms with Crippen LogP contribution >= 0.6 is 0 Å². The van der Waals surface area contributed by atoms with Crippen molar-refractivity contribution in [3.63, 3.8) is 0 Å². The van der Waals surface area contributed by atoms with E-state index >= 15 is 0 Å². The third kappa shape index (κ3) is 4.33. The van der Waals surface area contributed by atoms with E-state index in [1.807, 2.05) is 13.8 Å². The molecule has 1 fully saturated rings. The Bertz CT molecular complexity index is 833. The van der Waals surface area contributed by atoms with Crippen LogP contribution in [0.3, 0.4) is 0 Å². The number of carbonyl (C=O) groups excluding carboxylic acids is 1. The molecule has 1 amide bonds. The van der Waals surface area contributed by atoms with Gasteiger partial charge < -0.3 is 10.2 Å². The van der Waals surface area contributed by atoms with E-state index in [2.05, 4.69) is 20.1 Å². The molecule has 8 nitrogen and oxygen atoms in total. The highest BCUT2D eigenvalue weighted by atomic mass is 16.6. The minimum absolute atomic E-state index is 0.0558. The average molecular weight is 371 g/mol. The third-order valence-corrected chi connectivity index (χ3v) is 5.02. The Balaban J connectivity index is 1.69. The van der Waals surface area contributed by atoms with Gasteiger partial charge in [0.25, 0.3) is 5.69 Å². The van der Waals surface area contributed by atoms with Crippen LogP contribution in [0, 0.1) is 10.1 Å². The number of nitrogens with one attached hydrogen (secondary N) is 1. The first kappa shape index (κ1) is 19.0. The van der Waals surface area contributed by atoms with Gasteiger partial charge in [0.15, 0.2) is 0 Å². The van der Waals surface area contributed by atoms with E-state index < -0.39 is 0 Å². The molecule has 1 aromatic carbocycles. The normalized spacial score (nSPS) is 16.3. The maximum Gasteiger partial charge on any atom is 0.278 e. The van der Waals surface area contributed by atoms with Crippen LogP contribution in [-0.4, -0.2) is 59.5 Å². The number of piperazine rings is 1. The van der Waals surface area contributed by atoms with Gasteiger partial charge in [0.1, 0.15) is 5.52 Å². The molecule has 1 saturated heterocycles. The van der Waals surface area contributed by atoms with E-state index in [9.17, 15) is 14.9 Å². The van der Waals surface area contributed by atoms with Gasteiger partial charge in [-0.2, -0.15) is 0 Å². The smallest absolute Gasteiger partial charge is 0.278 e. The van der Waals surface area contributed by atoms with Crippen molar-refractivity contribution in [1.82, 2.24) is 15.2 Å². The summed E-state index contributed by atoms with van der Waals surface area (Å²) in [6, 6.07) is 6.97. The third-order valence-electron chi connectivity index (χ3n) is 5.02. The Kier molecular flexibility index (Phi) is 5.85. The molecular weight excluding hydrogens is 346 g/mol. The van der Waals surface area contributed by atoms with Crippen molar-refractivity contribution in [1.29, 1.82) is 0 Å². The number of pyridine rings is 1. The molecule has 1 aliphatic rings. The van der Waals surface area contributed by atoms with Gasteiger partial charge in [0.05, 0.1) is 22.5 Å². The van der Waals surface area contributed by atoms with Crippen molar-refractivity contribution in [2.45, 2.75) is 26.3 Å². The van der Waals surface area contributed by atoms with Gasteiger partial charge in [0, 0.05) is 44.5 Å². The molecule has 27 heavy (non-hydrogen) atoms. The second-order valence-corrected chi connectivity index (χ2v) is 6.90. The fourth-order valence-corrected chi connectivity index (χ4v) is 3.33. The molecule has 2 heterocycles. The first-order valence-corrected chi connectivity index (χ1v) is 9.28. The molecular formula is C19H25N5O3. The number of amides is 1. The number of anilines is 1. The molecule has 8 heteroatoms. The van der Waals surface area contributed by atoms with Crippen molar-refractivity contribution in [2.75, 3.05) is 37.6 Å². The number of hydrogen-bond acceptors (Lipinski definition) is 6. The largest absolute Gasteiger partial charge is 0.367 e. The predicted molar refractivity (Wildman–Crippen MR) is 105 cm³/mol. The standard InChI is InChI=1S/C19H25N5O3/c1-3-14(2)21-18(25)13-22-9-11-23(12-10-22)17-7-6-16(24(26)27)15-5-4-8-20-19(15)17/h4-8,14H,3,9-13H2,1-2H3,(H,21,25)/t14-/m0/s1. The number of carbonyl (C=O) groups is 1. The van der Waals surface area contributed by atoms with Crippen molar-refractivity contribution < 1.29 is 9.72 Å². The van der Waals surface area contributed by atoms with Crippen LogP contribution in [0.4, 0.5) is 11.4 Å². The number of fused-ring (bicyclic) bond motifs is 1. The molecule has 0 unspecified atom stereocenters. The topological polar surface area (TPSA) is 91.6 Å². The molecule has 144 valence electrons. The van der Waals surface area contributed by atoms with E-state index in [-0.39, 0.29) is 22.6 Å². The molecule has 0 bridgehead atoms. The van der Waals surface area contributed by atoms with Crippen molar-refractivity contribution in [3.05, 3.63) is 40.6 Å². The summed E-state index contributed by atoms with van der Waals surface area (Å²) in [6.45, 7) is 7.48. The van der Waals surface area contributed by atoms with Crippen LogP contribution in [-0.2, 0) is 4.79 Å². The van der Waals surface area contributed by atoms with Gasteiger partial charge in [-0.15, -0.1) is 0 Å². The lowest BCUT2D eigenvalue weighted by Crippen LogP contribution is -2.50. The molecule has 0 radical (unpaired) electrons. The molecule has 1 aromatic heterocycles. The highest BCUT2D eigenvalue weighted by Crippen LogP contribution is 2.32. The van der Waals surface area contributed by atoms with Crippen molar-refractivity contribution in [2.24, 2.45) is 0 Å². The van der Waals surface area contributed by atoms with E-state index in [0.717, 1.165) is 38.3 Å². The van der Waals surface area contributed by atoms with Gasteiger partial charge in [-0.05, 0) is 31.5 Å². The summed E-state index contributed by atoms with van der Waals surface area (Å²) in [6.07, 6.45) is 2.57. The van der Waals surface area contributed by atoms with Crippen LogP contribution in [0.25, 0.3) is 10.9 Å². The number of nitro benzene ring substituents is 1. The Morgan fingerprint density at radius 1 is 1.30 bits per heavy atom. The van der Waals surface area contributed by atoms with Gasteiger partial charge in [-0.1, -0.05) is 6.92 Å². The first-order valence-electron chi connectivity index (χ1n) is 9.28. The highest BCUT2D eigenvalue weighted by molar-refractivity contribution is 5.97. The minimum Gasteiger partial charge on any atom is -0.367 e. The van der Waals surface area contributed by atoms with Crippen LogP contribution < -0.4 is 10.2 Å². The summed E-state index contributed by atoms with van der Waals surface area (Å²) >= 11 is 0. The van der Waals surface area contributed by atoms with Crippen molar-refractivity contribution in [3.8, 4) is 0 Å². The maximum atomic E-state index is 12.1. The number of rotatable bonds is 6. The Morgan fingerprint density at radius 2 is 2.04 bits per heavy atom. The molecule has 1 atom stereocenters. The summed E-state index contributed by atoms with van der Waals surface area (Å²) in [5, 5.41) is 14.8. The zero-order valence-electron chi connectivity index (χ0n) is 15.7. The molecule has 0 aliphatic carbocycles. The fourth-order valence-electron chi connectivity index (χ4n) is 3.33. The number of non-ortho nitro benzene ring substituents is 1. The molecule has 0 spiro atoms. The Morgan fingerprint density at radius 3 is 2.70 bits per heavy atom. The van der Waals surface area contributed by atoms with E-state index in [0.29, 0.717) is 17.4 Å². The van der Waals surface area contributed by atoms with Gasteiger partial charge >= 0.3 is 0 Å². The minimum atomic E-state index is -0.373. The average Bonchev–Trinajstić information content (AvgIpc) is 2.67. The van der Waals surface area contributed by atoms with Crippen LogP contribution in [0.1, 0.15) is 20.3 Å². The first-order chi connectivity index (χ1) is 13.0. The lowest BCUT2D eigenvalue weighted by atomic mass is 10.1. The lowest BCUT2D eigenvalue weighted by Gasteiger charge is -2.36. The Labute approximate surface area is 158 Å². The highest BCUT2D eigenvalue weighted by Gasteiger charge is 2.23. The number of nitrogens with zero attached hydrogens (tertiary/aromatic N) is 4. The fraction of sp³-hybridized carbons (Fsp3) is 0.474. The number of aromatic nitrogens is 1. The zero-order valence-corrected chi connectivity index (χ0v) is 15.7. The monoisotopic (exact) mass is 371 g/mol. The number of benzene rings is 1. The van der Waals surface area contributed by atoms with E-state index in [1.165, 1.54) is 0 Å². The molecule has 3 rings (SSSR count). The predicted octanol–water partition coefficient (Wildman–Crippen LogP) is 2.18. The van der Waals surface area contributed by atoms with Gasteiger partial charge in [-0.3, -0.25) is 24.8 Å². The maximum absolute atomic E-state index is 12.1. The zero-order chi connectivity index (χ0) is 19.4. The van der Waals surface area contributed by atoms with Gasteiger partial charge in [0.2, 0.25) is 5.91 Å². The molecule has 2 aromatic rings. The van der Waals surface area contributed by atoms with Crippen LogP contribution in [0.2, 0.25) is 0 Å². The summed E-state index contributed by atoms with van der Waals surface area (Å²) in [5.74, 6) is 0.0558. The molecule has 0 saturated carbocycles. The molecule has 1 N–H and O–H groups in total. The van der Waals surface area contributed by atoms with E-state index in [1.54, 1.807) is 30.5 Å². The molecule has 1 aliphatic heterocycles. The number of hydrogen-bond donors (Lipinski definition) is 1. The quantitative estimate of drug-likeness (QED) is 0.618. The number of nitro groups is 1. The second kappa shape index (κ2) is 8.30. The lowest BCUT2D eigenvalue weighted by molar-refractivity contribution is -0.383. The summed E-state index contributed by atoms with van der Waals surface area (Å²) in [7, 11) is 0. The van der Waals surface area contributed by atoms with Gasteiger partial charge in [-0.25, -0.2) is 0 Å². The summed E-state index contributed by atoms with van der Waals surface area (Å²) in [5.41, 5.74) is 1.62. The Hall–Kier alpha value is -2.74. The summed E-state index contributed by atoms with van der Waals surface area (Å²) < 4.78 is 0.